The summed E-state index contributed by atoms with van der Waals surface area (Å²) in [6.07, 6.45) is 1.57. The molecular formula is C11H19N5. The van der Waals surface area contributed by atoms with Gasteiger partial charge in [0.1, 0.15) is 6.33 Å². The standard InChI is InChI=1S/C11H19N5/c1-9-6-10(14-8-13-9)7-12-11(15(2)3)16(4)5/h6,8H,7H2,1-5H3. The average Bonchev–Trinajstić information content (AvgIpc) is 2.16. The van der Waals surface area contributed by atoms with Gasteiger partial charge in [-0.15, -0.1) is 0 Å². The number of rotatable bonds is 2. The smallest absolute Gasteiger partial charge is 0.195 e. The van der Waals surface area contributed by atoms with E-state index in [2.05, 4.69) is 15.0 Å². The summed E-state index contributed by atoms with van der Waals surface area (Å²) in [7, 11) is 7.91. The van der Waals surface area contributed by atoms with Crippen molar-refractivity contribution in [1.29, 1.82) is 0 Å². The molecule has 1 heterocycles. The van der Waals surface area contributed by atoms with E-state index in [1.807, 2.05) is 51.0 Å². The molecule has 0 amide bonds. The summed E-state index contributed by atoms with van der Waals surface area (Å²) in [5, 5.41) is 0. The lowest BCUT2D eigenvalue weighted by Gasteiger charge is -2.22. The Morgan fingerprint density at radius 2 is 1.81 bits per heavy atom. The van der Waals surface area contributed by atoms with Gasteiger partial charge < -0.3 is 9.80 Å². The highest BCUT2D eigenvalue weighted by molar-refractivity contribution is 5.79. The van der Waals surface area contributed by atoms with Crippen molar-refractivity contribution in [2.24, 2.45) is 4.99 Å². The van der Waals surface area contributed by atoms with Gasteiger partial charge in [0.25, 0.3) is 0 Å². The van der Waals surface area contributed by atoms with Crippen molar-refractivity contribution in [2.75, 3.05) is 28.2 Å². The SMILES string of the molecule is Cc1cc(CN=C(N(C)C)N(C)C)ncn1. The summed E-state index contributed by atoms with van der Waals surface area (Å²) in [5.74, 6) is 0.927. The van der Waals surface area contributed by atoms with Crippen LogP contribution in [0, 0.1) is 6.92 Å². The first-order valence-corrected chi connectivity index (χ1v) is 5.17. The van der Waals surface area contributed by atoms with E-state index in [4.69, 9.17) is 0 Å². The Bertz CT molecular complexity index is 360. The molecule has 0 N–H and O–H groups in total. The number of aryl methyl sites for hydroxylation is 1. The number of aromatic nitrogens is 2. The van der Waals surface area contributed by atoms with Gasteiger partial charge in [-0.25, -0.2) is 15.0 Å². The molecule has 0 fully saturated rings. The first-order valence-electron chi connectivity index (χ1n) is 5.17. The summed E-state index contributed by atoms with van der Waals surface area (Å²) in [4.78, 5) is 16.7. The highest BCUT2D eigenvalue weighted by atomic mass is 15.3. The second kappa shape index (κ2) is 5.44. The van der Waals surface area contributed by atoms with E-state index >= 15 is 0 Å². The quantitative estimate of drug-likeness (QED) is 0.546. The van der Waals surface area contributed by atoms with Gasteiger partial charge in [-0.05, 0) is 13.0 Å². The first-order chi connectivity index (χ1) is 7.50. The number of guanidine groups is 1. The molecule has 0 unspecified atom stereocenters. The van der Waals surface area contributed by atoms with Gasteiger partial charge >= 0.3 is 0 Å². The molecule has 1 rings (SSSR count). The van der Waals surface area contributed by atoms with E-state index in [-0.39, 0.29) is 0 Å². The van der Waals surface area contributed by atoms with Crippen LogP contribution in [0.4, 0.5) is 0 Å². The Kier molecular flexibility index (Phi) is 4.22. The van der Waals surface area contributed by atoms with E-state index in [9.17, 15) is 0 Å². The molecule has 0 bridgehead atoms. The monoisotopic (exact) mass is 221 g/mol. The summed E-state index contributed by atoms with van der Waals surface area (Å²) in [6, 6.07) is 1.95. The van der Waals surface area contributed by atoms with E-state index in [1.165, 1.54) is 0 Å². The Hall–Kier alpha value is -1.65. The van der Waals surface area contributed by atoms with Crippen molar-refractivity contribution in [1.82, 2.24) is 19.8 Å². The van der Waals surface area contributed by atoms with E-state index in [1.54, 1.807) is 6.33 Å². The van der Waals surface area contributed by atoms with Crippen molar-refractivity contribution < 1.29 is 0 Å². The number of hydrogen-bond donors (Lipinski definition) is 0. The van der Waals surface area contributed by atoms with Crippen molar-refractivity contribution in [3.63, 3.8) is 0 Å². The zero-order valence-electron chi connectivity index (χ0n) is 10.6. The van der Waals surface area contributed by atoms with Gasteiger partial charge in [-0.3, -0.25) is 0 Å². The van der Waals surface area contributed by atoms with Crippen molar-refractivity contribution in [3.05, 3.63) is 23.8 Å². The van der Waals surface area contributed by atoms with Gasteiger partial charge in [0.15, 0.2) is 5.96 Å². The van der Waals surface area contributed by atoms with E-state index < -0.39 is 0 Å². The predicted molar refractivity (Wildman–Crippen MR) is 65.3 cm³/mol. The molecule has 0 saturated carbocycles. The minimum absolute atomic E-state index is 0.578. The maximum atomic E-state index is 4.51. The van der Waals surface area contributed by atoms with Gasteiger partial charge in [0.05, 0.1) is 12.2 Å². The van der Waals surface area contributed by atoms with Crippen LogP contribution >= 0.6 is 0 Å². The average molecular weight is 221 g/mol. The number of hydrogen-bond acceptors (Lipinski definition) is 3. The maximum Gasteiger partial charge on any atom is 0.195 e. The highest BCUT2D eigenvalue weighted by Gasteiger charge is 2.04. The predicted octanol–water partition coefficient (Wildman–Crippen LogP) is 0.764. The molecule has 0 aliphatic carbocycles. The minimum atomic E-state index is 0.578. The zero-order chi connectivity index (χ0) is 12.1. The molecule has 1 aromatic rings. The Labute approximate surface area is 96.8 Å². The summed E-state index contributed by atoms with van der Waals surface area (Å²) in [6.45, 7) is 2.53. The van der Waals surface area contributed by atoms with Crippen LogP contribution < -0.4 is 0 Å². The van der Waals surface area contributed by atoms with Crippen molar-refractivity contribution >= 4 is 5.96 Å². The lowest BCUT2D eigenvalue weighted by atomic mass is 10.3. The Morgan fingerprint density at radius 3 is 2.31 bits per heavy atom. The summed E-state index contributed by atoms with van der Waals surface area (Å²) < 4.78 is 0. The Morgan fingerprint density at radius 1 is 1.19 bits per heavy atom. The molecule has 88 valence electrons. The van der Waals surface area contributed by atoms with Crippen LogP contribution in [0.15, 0.2) is 17.4 Å². The van der Waals surface area contributed by atoms with E-state index in [0.29, 0.717) is 6.54 Å². The Balaban J connectivity index is 2.77. The van der Waals surface area contributed by atoms with Crippen LogP contribution in [-0.2, 0) is 6.54 Å². The van der Waals surface area contributed by atoms with Crippen molar-refractivity contribution in [3.8, 4) is 0 Å². The van der Waals surface area contributed by atoms with Crippen LogP contribution in [0.5, 0.6) is 0 Å². The third-order valence-corrected chi connectivity index (χ3v) is 2.04. The molecule has 0 aliphatic heterocycles. The van der Waals surface area contributed by atoms with Crippen LogP contribution in [0.25, 0.3) is 0 Å². The van der Waals surface area contributed by atoms with Gasteiger partial charge in [0, 0.05) is 33.9 Å². The second-order valence-electron chi connectivity index (χ2n) is 4.06. The molecule has 0 atom stereocenters. The topological polar surface area (TPSA) is 44.6 Å². The molecule has 5 heteroatoms. The second-order valence-corrected chi connectivity index (χ2v) is 4.06. The van der Waals surface area contributed by atoms with Gasteiger partial charge in [-0.1, -0.05) is 0 Å². The highest BCUT2D eigenvalue weighted by Crippen LogP contribution is 2.00. The fourth-order valence-electron chi connectivity index (χ4n) is 1.43. The van der Waals surface area contributed by atoms with Crippen LogP contribution in [0.2, 0.25) is 0 Å². The molecular weight excluding hydrogens is 202 g/mol. The third-order valence-electron chi connectivity index (χ3n) is 2.04. The van der Waals surface area contributed by atoms with E-state index in [0.717, 1.165) is 17.3 Å². The van der Waals surface area contributed by atoms with Crippen LogP contribution in [0.1, 0.15) is 11.4 Å². The maximum absolute atomic E-state index is 4.51. The number of nitrogens with zero attached hydrogens (tertiary/aromatic N) is 5. The fraction of sp³-hybridized carbons (Fsp3) is 0.545. The third kappa shape index (κ3) is 3.49. The molecule has 5 nitrogen and oxygen atoms in total. The molecule has 0 radical (unpaired) electrons. The van der Waals surface area contributed by atoms with Gasteiger partial charge in [-0.2, -0.15) is 0 Å². The normalized spacial score (nSPS) is 9.81. The van der Waals surface area contributed by atoms with Gasteiger partial charge in [0.2, 0.25) is 0 Å². The lowest BCUT2D eigenvalue weighted by Crippen LogP contribution is -2.35. The largest absolute Gasteiger partial charge is 0.349 e. The summed E-state index contributed by atoms with van der Waals surface area (Å²) >= 11 is 0. The molecule has 0 aliphatic rings. The summed E-state index contributed by atoms with van der Waals surface area (Å²) in [5.41, 5.74) is 1.91. The zero-order valence-corrected chi connectivity index (χ0v) is 10.6. The fourth-order valence-corrected chi connectivity index (χ4v) is 1.43. The molecule has 0 aromatic carbocycles. The number of aliphatic imine (C=N–C) groups is 1. The molecule has 16 heavy (non-hydrogen) atoms. The van der Waals surface area contributed by atoms with Crippen LogP contribution in [0.3, 0.4) is 0 Å². The molecule has 1 aromatic heterocycles. The minimum Gasteiger partial charge on any atom is -0.349 e. The lowest BCUT2D eigenvalue weighted by molar-refractivity contribution is 0.479. The van der Waals surface area contributed by atoms with Crippen LogP contribution in [-0.4, -0.2) is 53.9 Å². The molecule has 0 saturated heterocycles. The van der Waals surface area contributed by atoms with Crippen molar-refractivity contribution in [2.45, 2.75) is 13.5 Å². The first kappa shape index (κ1) is 12.4. The molecule has 0 spiro atoms.